The zero-order chi connectivity index (χ0) is 13.2. The molecule has 0 atom stereocenters. The van der Waals surface area contributed by atoms with E-state index in [0.717, 1.165) is 24.0 Å². The van der Waals surface area contributed by atoms with Crippen LogP contribution < -0.4 is 10.5 Å². The van der Waals surface area contributed by atoms with Gasteiger partial charge in [-0.15, -0.1) is 0 Å². The summed E-state index contributed by atoms with van der Waals surface area (Å²) in [6, 6.07) is 5.94. The first-order valence-electron chi connectivity index (χ1n) is 6.20. The summed E-state index contributed by atoms with van der Waals surface area (Å²) < 4.78 is 7.48. The third-order valence-electron chi connectivity index (χ3n) is 2.76. The Morgan fingerprint density at radius 2 is 2.32 bits per heavy atom. The highest BCUT2D eigenvalue weighted by molar-refractivity contribution is 5.79. The minimum Gasteiger partial charge on any atom is -0.422 e. The molecule has 6 heteroatoms. The average molecular weight is 257 g/mol. The number of anilines is 1. The maximum absolute atomic E-state index is 5.72. The van der Waals surface area contributed by atoms with Gasteiger partial charge in [-0.05, 0) is 24.6 Å². The van der Waals surface area contributed by atoms with E-state index in [1.165, 1.54) is 0 Å². The molecule has 0 fully saturated rings. The van der Waals surface area contributed by atoms with Gasteiger partial charge in [0, 0.05) is 12.2 Å². The number of nitrogens with zero attached hydrogens (tertiary/aromatic N) is 3. The van der Waals surface area contributed by atoms with Crippen molar-refractivity contribution in [1.82, 2.24) is 19.7 Å². The van der Waals surface area contributed by atoms with Crippen molar-refractivity contribution in [3.05, 3.63) is 30.6 Å². The highest BCUT2D eigenvalue weighted by Crippen LogP contribution is 2.22. The lowest BCUT2D eigenvalue weighted by molar-refractivity contribution is 0.448. The van der Waals surface area contributed by atoms with Crippen molar-refractivity contribution < 1.29 is 4.74 Å². The maximum Gasteiger partial charge on any atom is 0.300 e. The summed E-state index contributed by atoms with van der Waals surface area (Å²) in [4.78, 5) is 7.41. The maximum atomic E-state index is 5.72. The number of H-pyrrole nitrogens is 1. The van der Waals surface area contributed by atoms with Crippen LogP contribution in [0.25, 0.3) is 11.0 Å². The number of imidazole rings is 1. The van der Waals surface area contributed by atoms with E-state index in [2.05, 4.69) is 22.0 Å². The van der Waals surface area contributed by atoms with Crippen LogP contribution in [-0.4, -0.2) is 19.7 Å². The van der Waals surface area contributed by atoms with Crippen molar-refractivity contribution in [1.29, 1.82) is 0 Å². The fraction of sp³-hybridized carbons (Fsp3) is 0.231. The van der Waals surface area contributed by atoms with Gasteiger partial charge in [0.15, 0.2) is 5.75 Å². The van der Waals surface area contributed by atoms with E-state index in [1.54, 1.807) is 6.20 Å². The molecule has 0 aliphatic rings. The molecule has 1 aromatic carbocycles. The van der Waals surface area contributed by atoms with Crippen molar-refractivity contribution in [3.8, 4) is 11.8 Å². The number of aryl methyl sites for hydroxylation is 1. The number of benzene rings is 1. The fourth-order valence-electron chi connectivity index (χ4n) is 1.91. The van der Waals surface area contributed by atoms with Gasteiger partial charge < -0.3 is 15.5 Å². The molecular formula is C13H15N5O. The summed E-state index contributed by atoms with van der Waals surface area (Å²) in [5.41, 5.74) is 8.10. The molecule has 0 spiro atoms. The van der Waals surface area contributed by atoms with Crippen LogP contribution in [0.1, 0.15) is 13.3 Å². The molecule has 6 nitrogen and oxygen atoms in total. The van der Waals surface area contributed by atoms with Gasteiger partial charge in [-0.3, -0.25) is 4.68 Å². The summed E-state index contributed by atoms with van der Waals surface area (Å²) in [7, 11) is 0. The molecule has 2 heterocycles. The number of nitrogens with two attached hydrogens (primary N) is 1. The van der Waals surface area contributed by atoms with Crippen LogP contribution in [-0.2, 0) is 6.54 Å². The van der Waals surface area contributed by atoms with Crippen LogP contribution in [0.15, 0.2) is 30.6 Å². The molecule has 0 amide bonds. The Hall–Kier alpha value is -2.50. The minimum absolute atomic E-state index is 0.441. The van der Waals surface area contributed by atoms with Crippen molar-refractivity contribution in [2.75, 3.05) is 5.73 Å². The van der Waals surface area contributed by atoms with Crippen LogP contribution in [0, 0.1) is 0 Å². The lowest BCUT2D eigenvalue weighted by atomic mass is 10.3. The SMILES string of the molecule is CCCn1cc(Oc2nc3ccc(N)cc3[nH]2)cn1. The van der Waals surface area contributed by atoms with Crippen molar-refractivity contribution in [2.24, 2.45) is 0 Å². The molecule has 3 rings (SSSR count). The Bertz CT molecular complexity index is 700. The molecule has 98 valence electrons. The van der Waals surface area contributed by atoms with Gasteiger partial charge >= 0.3 is 0 Å². The third kappa shape index (κ3) is 2.37. The first-order chi connectivity index (χ1) is 9.24. The number of nitrogens with one attached hydrogen (secondary N) is 1. The largest absolute Gasteiger partial charge is 0.422 e. The van der Waals surface area contributed by atoms with Gasteiger partial charge in [0.2, 0.25) is 0 Å². The summed E-state index contributed by atoms with van der Waals surface area (Å²) >= 11 is 0. The van der Waals surface area contributed by atoms with Crippen molar-refractivity contribution in [2.45, 2.75) is 19.9 Å². The first-order valence-corrected chi connectivity index (χ1v) is 6.20. The van der Waals surface area contributed by atoms with E-state index in [9.17, 15) is 0 Å². The van der Waals surface area contributed by atoms with Crippen LogP contribution >= 0.6 is 0 Å². The molecule has 2 aromatic heterocycles. The number of aromatic amines is 1. The van der Waals surface area contributed by atoms with Gasteiger partial charge in [-0.2, -0.15) is 10.1 Å². The predicted molar refractivity (Wildman–Crippen MR) is 73.1 cm³/mol. The Labute approximate surface area is 110 Å². The molecule has 0 radical (unpaired) electrons. The first kappa shape index (κ1) is 11.6. The van der Waals surface area contributed by atoms with E-state index < -0.39 is 0 Å². The van der Waals surface area contributed by atoms with E-state index in [0.29, 0.717) is 17.4 Å². The van der Waals surface area contributed by atoms with Gasteiger partial charge in [0.25, 0.3) is 6.01 Å². The van der Waals surface area contributed by atoms with Gasteiger partial charge in [0.05, 0.1) is 23.4 Å². The molecule has 3 N–H and O–H groups in total. The van der Waals surface area contributed by atoms with Crippen LogP contribution in [0.5, 0.6) is 11.8 Å². The highest BCUT2D eigenvalue weighted by atomic mass is 16.5. The topological polar surface area (TPSA) is 81.8 Å². The van der Waals surface area contributed by atoms with E-state index >= 15 is 0 Å². The molecule has 0 unspecified atom stereocenters. The number of nitrogen functional groups attached to an aromatic ring is 1. The van der Waals surface area contributed by atoms with Gasteiger partial charge in [-0.25, -0.2) is 0 Å². The van der Waals surface area contributed by atoms with Crippen LogP contribution in [0.4, 0.5) is 5.69 Å². The lowest BCUT2D eigenvalue weighted by Gasteiger charge is -1.96. The van der Waals surface area contributed by atoms with Gasteiger partial charge in [-0.1, -0.05) is 6.92 Å². The molecule has 3 aromatic rings. The highest BCUT2D eigenvalue weighted by Gasteiger charge is 2.06. The summed E-state index contributed by atoms with van der Waals surface area (Å²) in [5.74, 6) is 0.667. The zero-order valence-electron chi connectivity index (χ0n) is 10.6. The standard InChI is InChI=1S/C13H15N5O/c1-2-5-18-8-10(7-15-18)19-13-16-11-4-3-9(14)6-12(11)17-13/h3-4,6-8H,2,5,14H2,1H3,(H,16,17). The fourth-order valence-corrected chi connectivity index (χ4v) is 1.91. The second-order valence-corrected chi connectivity index (χ2v) is 4.36. The van der Waals surface area contributed by atoms with Crippen LogP contribution in [0.2, 0.25) is 0 Å². The molecular weight excluding hydrogens is 242 g/mol. The van der Waals surface area contributed by atoms with E-state index in [4.69, 9.17) is 10.5 Å². The summed E-state index contributed by atoms with van der Waals surface area (Å²) in [6.45, 7) is 2.98. The predicted octanol–water partition coefficient (Wildman–Crippen LogP) is 2.54. The van der Waals surface area contributed by atoms with E-state index in [-0.39, 0.29) is 0 Å². The van der Waals surface area contributed by atoms with Gasteiger partial charge in [0.1, 0.15) is 0 Å². The summed E-state index contributed by atoms with van der Waals surface area (Å²) in [5, 5.41) is 4.20. The number of hydrogen-bond acceptors (Lipinski definition) is 4. The van der Waals surface area contributed by atoms with Crippen molar-refractivity contribution in [3.63, 3.8) is 0 Å². The second kappa shape index (κ2) is 4.64. The zero-order valence-corrected chi connectivity index (χ0v) is 10.6. The molecule has 19 heavy (non-hydrogen) atoms. The normalized spacial score (nSPS) is 11.0. The molecule has 0 saturated heterocycles. The average Bonchev–Trinajstić information content (AvgIpc) is 2.96. The summed E-state index contributed by atoms with van der Waals surface area (Å²) in [6.07, 6.45) is 4.56. The van der Waals surface area contributed by atoms with Crippen molar-refractivity contribution >= 4 is 16.7 Å². The molecule has 0 saturated carbocycles. The number of aromatic nitrogens is 4. The smallest absolute Gasteiger partial charge is 0.300 e. The van der Waals surface area contributed by atoms with E-state index in [1.807, 2.05) is 29.1 Å². The Morgan fingerprint density at radius 1 is 1.42 bits per heavy atom. The Balaban J connectivity index is 1.83. The molecule has 0 aliphatic heterocycles. The minimum atomic E-state index is 0.441. The number of hydrogen-bond donors (Lipinski definition) is 2. The third-order valence-corrected chi connectivity index (χ3v) is 2.76. The lowest BCUT2D eigenvalue weighted by Crippen LogP contribution is -1.95. The Morgan fingerprint density at radius 3 is 3.16 bits per heavy atom. The second-order valence-electron chi connectivity index (χ2n) is 4.36. The monoisotopic (exact) mass is 257 g/mol. The molecule has 0 aliphatic carbocycles. The Kier molecular flexibility index (Phi) is 2.83. The number of rotatable bonds is 4. The van der Waals surface area contributed by atoms with Crippen LogP contribution in [0.3, 0.4) is 0 Å². The number of fused-ring (bicyclic) bond motifs is 1. The molecule has 0 bridgehead atoms. The quantitative estimate of drug-likeness (QED) is 0.704. The number of ether oxygens (including phenoxy) is 1.